The molecule has 0 aromatic heterocycles. The third kappa shape index (κ3) is 5.79. The Morgan fingerprint density at radius 3 is 2.35 bits per heavy atom. The Labute approximate surface area is 119 Å². The fourth-order valence-corrected chi connectivity index (χ4v) is 1.56. The van der Waals surface area contributed by atoms with Gasteiger partial charge in [-0.05, 0) is 30.7 Å². The molecule has 6 heteroatoms. The number of amides is 1. The van der Waals surface area contributed by atoms with Crippen molar-refractivity contribution < 1.29 is 23.7 Å². The van der Waals surface area contributed by atoms with Crippen molar-refractivity contribution in [2.24, 2.45) is 0 Å². The molecule has 0 radical (unpaired) electrons. The number of hydrogen-bond acceptors (Lipinski definition) is 5. The van der Waals surface area contributed by atoms with Gasteiger partial charge in [0.25, 0.3) is 0 Å². The van der Waals surface area contributed by atoms with Gasteiger partial charge >= 0.3 is 6.09 Å². The molecule has 0 spiro atoms. The lowest BCUT2D eigenvalue weighted by molar-refractivity contribution is -0.0590. The number of alkyl carbamates (subject to hydrolysis) is 1. The van der Waals surface area contributed by atoms with Crippen LogP contribution in [0.3, 0.4) is 0 Å². The number of benzene rings is 1. The predicted octanol–water partition coefficient (Wildman–Crippen LogP) is 2.18. The fraction of sp³-hybridized carbons (Fsp3) is 0.500. The van der Waals surface area contributed by atoms with Gasteiger partial charge < -0.3 is 24.3 Å². The van der Waals surface area contributed by atoms with E-state index in [1.165, 1.54) is 7.11 Å². The van der Waals surface area contributed by atoms with Crippen LogP contribution in [0.25, 0.3) is 0 Å². The van der Waals surface area contributed by atoms with Crippen molar-refractivity contribution >= 4 is 6.09 Å². The average Bonchev–Trinajstić information content (AvgIpc) is 2.50. The van der Waals surface area contributed by atoms with Crippen LogP contribution in [0.2, 0.25) is 0 Å². The SMILES string of the molecule is COC(=O)NCCCC(OC)Oc1ccc(OC)cc1. The molecule has 0 aliphatic heterocycles. The van der Waals surface area contributed by atoms with Crippen molar-refractivity contribution in [1.29, 1.82) is 0 Å². The highest BCUT2D eigenvalue weighted by molar-refractivity contribution is 5.66. The van der Waals surface area contributed by atoms with Gasteiger partial charge in [0, 0.05) is 20.1 Å². The highest BCUT2D eigenvalue weighted by atomic mass is 16.7. The zero-order chi connectivity index (χ0) is 14.8. The van der Waals surface area contributed by atoms with Crippen LogP contribution in [0.1, 0.15) is 12.8 Å². The Hall–Kier alpha value is -1.95. The van der Waals surface area contributed by atoms with E-state index in [2.05, 4.69) is 10.1 Å². The predicted molar refractivity (Wildman–Crippen MR) is 74.1 cm³/mol. The Morgan fingerprint density at radius 2 is 1.80 bits per heavy atom. The second kappa shape index (κ2) is 9.03. The lowest BCUT2D eigenvalue weighted by Crippen LogP contribution is -2.26. The van der Waals surface area contributed by atoms with Crippen molar-refractivity contribution in [3.63, 3.8) is 0 Å². The van der Waals surface area contributed by atoms with Gasteiger partial charge in [0.05, 0.1) is 14.2 Å². The zero-order valence-corrected chi connectivity index (χ0v) is 12.0. The van der Waals surface area contributed by atoms with E-state index < -0.39 is 6.09 Å². The first kappa shape index (κ1) is 16.1. The largest absolute Gasteiger partial charge is 0.497 e. The number of rotatable bonds is 8. The molecule has 0 heterocycles. The molecule has 0 bridgehead atoms. The van der Waals surface area contributed by atoms with E-state index in [-0.39, 0.29) is 6.29 Å². The molecule has 1 atom stereocenters. The summed E-state index contributed by atoms with van der Waals surface area (Å²) in [5.74, 6) is 1.48. The summed E-state index contributed by atoms with van der Waals surface area (Å²) in [5, 5.41) is 2.60. The first-order valence-corrected chi connectivity index (χ1v) is 6.35. The number of nitrogens with one attached hydrogen (secondary N) is 1. The molecule has 0 saturated carbocycles. The third-order valence-corrected chi connectivity index (χ3v) is 2.66. The monoisotopic (exact) mass is 283 g/mol. The second-order valence-electron chi connectivity index (χ2n) is 4.02. The van der Waals surface area contributed by atoms with Gasteiger partial charge in [-0.1, -0.05) is 0 Å². The highest BCUT2D eigenvalue weighted by Gasteiger charge is 2.09. The first-order valence-electron chi connectivity index (χ1n) is 6.35. The van der Waals surface area contributed by atoms with Gasteiger partial charge in [0.15, 0.2) is 6.29 Å². The molecule has 1 amide bonds. The van der Waals surface area contributed by atoms with Crippen LogP contribution < -0.4 is 14.8 Å². The van der Waals surface area contributed by atoms with Crippen LogP contribution in [0.4, 0.5) is 4.79 Å². The van der Waals surface area contributed by atoms with Crippen LogP contribution in [0, 0.1) is 0 Å². The summed E-state index contributed by atoms with van der Waals surface area (Å²) < 4.78 is 20.5. The standard InChI is InChI=1S/C14H21NO5/c1-17-11-6-8-12(9-7-11)20-13(18-2)5-4-10-15-14(16)19-3/h6-9,13H,4-5,10H2,1-3H3,(H,15,16). The minimum absolute atomic E-state index is 0.358. The Balaban J connectivity index is 2.32. The Morgan fingerprint density at radius 1 is 1.15 bits per heavy atom. The van der Waals surface area contributed by atoms with Gasteiger partial charge in [-0.3, -0.25) is 0 Å². The average molecular weight is 283 g/mol. The van der Waals surface area contributed by atoms with Gasteiger partial charge in [-0.15, -0.1) is 0 Å². The molecule has 6 nitrogen and oxygen atoms in total. The highest BCUT2D eigenvalue weighted by Crippen LogP contribution is 2.19. The quantitative estimate of drug-likeness (QED) is 0.585. The van der Waals surface area contributed by atoms with Crippen molar-refractivity contribution in [3.05, 3.63) is 24.3 Å². The zero-order valence-electron chi connectivity index (χ0n) is 12.0. The van der Waals surface area contributed by atoms with E-state index in [0.717, 1.165) is 12.2 Å². The van der Waals surface area contributed by atoms with Crippen LogP contribution in [-0.4, -0.2) is 40.3 Å². The third-order valence-electron chi connectivity index (χ3n) is 2.66. The van der Waals surface area contributed by atoms with E-state index >= 15 is 0 Å². The van der Waals surface area contributed by atoms with Crippen LogP contribution in [0.5, 0.6) is 11.5 Å². The maximum Gasteiger partial charge on any atom is 0.406 e. The molecule has 0 aliphatic carbocycles. The first-order chi connectivity index (χ1) is 9.69. The molecular weight excluding hydrogens is 262 g/mol. The molecule has 1 rings (SSSR count). The number of hydrogen-bond donors (Lipinski definition) is 1. The Kier molecular flexibility index (Phi) is 7.27. The molecule has 0 saturated heterocycles. The lowest BCUT2D eigenvalue weighted by atomic mass is 10.3. The Bertz CT molecular complexity index is 393. The minimum atomic E-state index is -0.435. The molecule has 20 heavy (non-hydrogen) atoms. The van der Waals surface area contributed by atoms with Crippen LogP contribution in [-0.2, 0) is 9.47 Å². The molecule has 1 aromatic rings. The number of ether oxygens (including phenoxy) is 4. The number of methoxy groups -OCH3 is 3. The summed E-state index contributed by atoms with van der Waals surface area (Å²) in [5.41, 5.74) is 0. The van der Waals surface area contributed by atoms with E-state index in [9.17, 15) is 4.79 Å². The summed E-state index contributed by atoms with van der Waals surface area (Å²) in [6.07, 6.45) is 0.592. The normalized spacial score (nSPS) is 11.6. The van der Waals surface area contributed by atoms with Gasteiger partial charge in [-0.2, -0.15) is 0 Å². The fourth-order valence-electron chi connectivity index (χ4n) is 1.56. The summed E-state index contributed by atoms with van der Waals surface area (Å²) in [7, 11) is 4.53. The summed E-state index contributed by atoms with van der Waals surface area (Å²) in [4.78, 5) is 10.9. The van der Waals surface area contributed by atoms with Gasteiger partial charge in [-0.25, -0.2) is 4.79 Å². The molecule has 1 aromatic carbocycles. The van der Waals surface area contributed by atoms with Crippen molar-refractivity contribution in [2.75, 3.05) is 27.9 Å². The number of carbonyl (C=O) groups excluding carboxylic acids is 1. The van der Waals surface area contributed by atoms with Crippen LogP contribution in [0.15, 0.2) is 24.3 Å². The van der Waals surface area contributed by atoms with E-state index in [1.54, 1.807) is 14.2 Å². The maximum absolute atomic E-state index is 10.9. The molecule has 1 unspecified atom stereocenters. The molecule has 0 fully saturated rings. The summed E-state index contributed by atoms with van der Waals surface area (Å²) >= 11 is 0. The second-order valence-corrected chi connectivity index (χ2v) is 4.02. The molecule has 112 valence electrons. The van der Waals surface area contributed by atoms with E-state index in [0.29, 0.717) is 18.7 Å². The topological polar surface area (TPSA) is 66.0 Å². The van der Waals surface area contributed by atoms with Crippen molar-refractivity contribution in [3.8, 4) is 11.5 Å². The van der Waals surface area contributed by atoms with Crippen LogP contribution >= 0.6 is 0 Å². The smallest absolute Gasteiger partial charge is 0.406 e. The van der Waals surface area contributed by atoms with Crippen molar-refractivity contribution in [2.45, 2.75) is 19.1 Å². The number of carbonyl (C=O) groups is 1. The van der Waals surface area contributed by atoms with Gasteiger partial charge in [0.1, 0.15) is 11.5 Å². The molecular formula is C14H21NO5. The van der Waals surface area contributed by atoms with Gasteiger partial charge in [0.2, 0.25) is 0 Å². The molecule has 0 aliphatic rings. The summed E-state index contributed by atoms with van der Waals surface area (Å²) in [6, 6.07) is 7.27. The van der Waals surface area contributed by atoms with Crippen molar-refractivity contribution in [1.82, 2.24) is 5.32 Å². The lowest BCUT2D eigenvalue weighted by Gasteiger charge is -2.17. The minimum Gasteiger partial charge on any atom is -0.497 e. The van der Waals surface area contributed by atoms with E-state index in [4.69, 9.17) is 14.2 Å². The van der Waals surface area contributed by atoms with E-state index in [1.807, 2.05) is 24.3 Å². The maximum atomic E-state index is 10.9. The summed E-state index contributed by atoms with van der Waals surface area (Å²) in [6.45, 7) is 0.512. The molecule has 1 N–H and O–H groups in total.